The molecule has 0 saturated heterocycles. The molecular formula is C15H21N3OS. The van der Waals surface area contributed by atoms with Crippen LogP contribution in [0.4, 0.5) is 0 Å². The zero-order valence-electron chi connectivity index (χ0n) is 12.2. The van der Waals surface area contributed by atoms with Crippen LogP contribution in [0.15, 0.2) is 33.7 Å². The SMILES string of the molecule is CCC(N)(CC)c1nc(CSc2cccc(C)c2)no1. The Hall–Kier alpha value is -1.33. The number of thioether (sulfide) groups is 1. The molecule has 0 aliphatic carbocycles. The van der Waals surface area contributed by atoms with E-state index in [4.69, 9.17) is 10.3 Å². The number of hydrogen-bond donors (Lipinski definition) is 1. The summed E-state index contributed by atoms with van der Waals surface area (Å²) in [5, 5.41) is 4.03. The van der Waals surface area contributed by atoms with Crippen molar-refractivity contribution in [3.63, 3.8) is 0 Å². The fourth-order valence-corrected chi connectivity index (χ4v) is 2.78. The lowest BCUT2D eigenvalue weighted by atomic mass is 9.94. The Morgan fingerprint density at radius 2 is 2.05 bits per heavy atom. The summed E-state index contributed by atoms with van der Waals surface area (Å²) >= 11 is 1.70. The first-order valence-corrected chi connectivity index (χ1v) is 7.87. The van der Waals surface area contributed by atoms with E-state index in [1.54, 1.807) is 11.8 Å². The van der Waals surface area contributed by atoms with Crippen molar-refractivity contribution in [1.29, 1.82) is 0 Å². The summed E-state index contributed by atoms with van der Waals surface area (Å²) in [7, 11) is 0. The van der Waals surface area contributed by atoms with Gasteiger partial charge in [0.05, 0.1) is 11.3 Å². The van der Waals surface area contributed by atoms with E-state index in [-0.39, 0.29) is 0 Å². The van der Waals surface area contributed by atoms with E-state index in [0.29, 0.717) is 17.5 Å². The average Bonchev–Trinajstić information content (AvgIpc) is 2.94. The van der Waals surface area contributed by atoms with Crippen molar-refractivity contribution in [3.8, 4) is 0 Å². The van der Waals surface area contributed by atoms with Crippen LogP contribution >= 0.6 is 11.8 Å². The quantitative estimate of drug-likeness (QED) is 0.823. The molecule has 0 amide bonds. The first kappa shape index (κ1) is 15.1. The summed E-state index contributed by atoms with van der Waals surface area (Å²) in [6, 6.07) is 8.38. The van der Waals surface area contributed by atoms with Gasteiger partial charge in [0.15, 0.2) is 5.82 Å². The molecule has 5 heteroatoms. The third-order valence-corrected chi connectivity index (χ3v) is 4.50. The minimum absolute atomic E-state index is 0.501. The van der Waals surface area contributed by atoms with Crippen molar-refractivity contribution >= 4 is 11.8 Å². The normalized spacial score (nSPS) is 11.8. The van der Waals surface area contributed by atoms with E-state index >= 15 is 0 Å². The van der Waals surface area contributed by atoms with E-state index in [1.165, 1.54) is 10.5 Å². The number of nitrogens with zero attached hydrogens (tertiary/aromatic N) is 2. The zero-order valence-corrected chi connectivity index (χ0v) is 13.0. The van der Waals surface area contributed by atoms with Crippen LogP contribution in [-0.2, 0) is 11.3 Å². The molecule has 0 aliphatic heterocycles. The molecule has 0 fully saturated rings. The summed E-state index contributed by atoms with van der Waals surface area (Å²) in [5.41, 5.74) is 7.01. The van der Waals surface area contributed by atoms with Gasteiger partial charge in [-0.3, -0.25) is 0 Å². The molecule has 0 aliphatic rings. The van der Waals surface area contributed by atoms with Crippen LogP contribution in [0.3, 0.4) is 0 Å². The first-order valence-electron chi connectivity index (χ1n) is 6.89. The number of hydrogen-bond acceptors (Lipinski definition) is 5. The topological polar surface area (TPSA) is 64.9 Å². The molecule has 0 unspecified atom stereocenters. The number of benzene rings is 1. The van der Waals surface area contributed by atoms with Crippen LogP contribution in [0.1, 0.15) is 44.0 Å². The molecule has 1 aromatic carbocycles. The summed E-state index contributed by atoms with van der Waals surface area (Å²) < 4.78 is 5.32. The molecule has 1 heterocycles. The van der Waals surface area contributed by atoms with Crippen molar-refractivity contribution in [3.05, 3.63) is 41.5 Å². The lowest BCUT2D eigenvalue weighted by Crippen LogP contribution is -2.35. The lowest BCUT2D eigenvalue weighted by molar-refractivity contribution is 0.267. The highest BCUT2D eigenvalue weighted by molar-refractivity contribution is 7.98. The van der Waals surface area contributed by atoms with Crippen LogP contribution in [-0.4, -0.2) is 10.1 Å². The highest BCUT2D eigenvalue weighted by Gasteiger charge is 2.29. The van der Waals surface area contributed by atoms with Gasteiger partial charge < -0.3 is 10.3 Å². The van der Waals surface area contributed by atoms with Gasteiger partial charge in [-0.05, 0) is 31.9 Å². The Kier molecular flexibility index (Phi) is 4.83. The molecule has 0 spiro atoms. The minimum atomic E-state index is -0.501. The Bertz CT molecular complexity index is 564. The monoisotopic (exact) mass is 291 g/mol. The fourth-order valence-electron chi connectivity index (χ4n) is 1.92. The molecular weight excluding hydrogens is 270 g/mol. The number of nitrogens with two attached hydrogens (primary N) is 1. The number of aryl methyl sites for hydroxylation is 1. The Morgan fingerprint density at radius 1 is 1.30 bits per heavy atom. The summed E-state index contributed by atoms with van der Waals surface area (Å²) in [5.74, 6) is 1.93. The molecule has 0 radical (unpaired) electrons. The standard InChI is InChI=1S/C15H21N3OS/c1-4-15(16,5-2)14-17-13(18-19-14)10-20-12-8-6-7-11(3)9-12/h6-9H,4-5,10,16H2,1-3H3. The van der Waals surface area contributed by atoms with Gasteiger partial charge in [0, 0.05) is 4.90 Å². The van der Waals surface area contributed by atoms with Crippen molar-refractivity contribution in [2.75, 3.05) is 0 Å². The number of aromatic nitrogens is 2. The molecule has 108 valence electrons. The largest absolute Gasteiger partial charge is 0.337 e. The van der Waals surface area contributed by atoms with Gasteiger partial charge in [0.25, 0.3) is 0 Å². The van der Waals surface area contributed by atoms with Gasteiger partial charge in [0.2, 0.25) is 5.89 Å². The fraction of sp³-hybridized carbons (Fsp3) is 0.467. The van der Waals surface area contributed by atoms with Crippen molar-refractivity contribution in [2.24, 2.45) is 5.73 Å². The average molecular weight is 291 g/mol. The highest BCUT2D eigenvalue weighted by atomic mass is 32.2. The predicted octanol–water partition coefficient (Wildman–Crippen LogP) is 3.64. The van der Waals surface area contributed by atoms with E-state index in [2.05, 4.69) is 41.3 Å². The van der Waals surface area contributed by atoms with E-state index in [0.717, 1.165) is 12.8 Å². The summed E-state index contributed by atoms with van der Waals surface area (Å²) in [4.78, 5) is 5.65. The van der Waals surface area contributed by atoms with Gasteiger partial charge in [-0.2, -0.15) is 4.98 Å². The van der Waals surface area contributed by atoms with E-state index in [9.17, 15) is 0 Å². The maximum Gasteiger partial charge on any atom is 0.246 e. The molecule has 4 nitrogen and oxygen atoms in total. The zero-order chi connectivity index (χ0) is 14.6. The Labute approximate surface area is 124 Å². The van der Waals surface area contributed by atoms with Crippen LogP contribution < -0.4 is 5.73 Å². The minimum Gasteiger partial charge on any atom is -0.337 e. The molecule has 2 N–H and O–H groups in total. The second-order valence-electron chi connectivity index (χ2n) is 4.98. The molecule has 20 heavy (non-hydrogen) atoms. The predicted molar refractivity (Wildman–Crippen MR) is 81.5 cm³/mol. The van der Waals surface area contributed by atoms with Crippen LogP contribution in [0.25, 0.3) is 0 Å². The maximum absolute atomic E-state index is 6.26. The van der Waals surface area contributed by atoms with Crippen molar-refractivity contribution < 1.29 is 4.52 Å². The molecule has 0 atom stereocenters. The maximum atomic E-state index is 6.26. The molecule has 2 aromatic rings. The second kappa shape index (κ2) is 6.41. The Morgan fingerprint density at radius 3 is 2.70 bits per heavy atom. The van der Waals surface area contributed by atoms with Gasteiger partial charge in [0.1, 0.15) is 0 Å². The summed E-state index contributed by atoms with van der Waals surface area (Å²) in [6.07, 6.45) is 1.58. The highest BCUT2D eigenvalue weighted by Crippen LogP contribution is 2.26. The molecule has 2 rings (SSSR count). The first-order chi connectivity index (χ1) is 9.57. The third kappa shape index (κ3) is 3.41. The van der Waals surface area contributed by atoms with Gasteiger partial charge >= 0.3 is 0 Å². The van der Waals surface area contributed by atoms with Crippen LogP contribution in [0.2, 0.25) is 0 Å². The number of rotatable bonds is 6. The molecule has 0 saturated carbocycles. The lowest BCUT2D eigenvalue weighted by Gasteiger charge is -2.20. The third-order valence-electron chi connectivity index (χ3n) is 3.51. The van der Waals surface area contributed by atoms with Gasteiger partial charge in [-0.15, -0.1) is 11.8 Å². The van der Waals surface area contributed by atoms with Crippen LogP contribution in [0.5, 0.6) is 0 Å². The van der Waals surface area contributed by atoms with E-state index < -0.39 is 5.54 Å². The molecule has 0 bridgehead atoms. The van der Waals surface area contributed by atoms with Gasteiger partial charge in [-0.25, -0.2) is 0 Å². The molecule has 1 aromatic heterocycles. The van der Waals surface area contributed by atoms with Crippen molar-refractivity contribution in [2.45, 2.75) is 49.8 Å². The Balaban J connectivity index is 2.03. The van der Waals surface area contributed by atoms with Gasteiger partial charge in [-0.1, -0.05) is 36.7 Å². The second-order valence-corrected chi connectivity index (χ2v) is 6.03. The smallest absolute Gasteiger partial charge is 0.246 e. The van der Waals surface area contributed by atoms with E-state index in [1.807, 2.05) is 13.8 Å². The van der Waals surface area contributed by atoms with Crippen LogP contribution in [0, 0.1) is 6.92 Å². The summed E-state index contributed by atoms with van der Waals surface area (Å²) in [6.45, 7) is 6.16. The van der Waals surface area contributed by atoms with Crippen molar-refractivity contribution in [1.82, 2.24) is 10.1 Å².